The molecule has 1 atom stereocenters. The Balaban J connectivity index is 1.48. The first-order chi connectivity index (χ1) is 27.1. The lowest BCUT2D eigenvalue weighted by atomic mass is 10.0. The van der Waals surface area contributed by atoms with Gasteiger partial charge in [0.2, 0.25) is 17.7 Å². The fourth-order valence-corrected chi connectivity index (χ4v) is 5.47. The third-order valence-corrected chi connectivity index (χ3v) is 8.45. The third-order valence-electron chi connectivity index (χ3n) is 8.45. The van der Waals surface area contributed by atoms with E-state index in [4.69, 9.17) is 21.1 Å². The molecule has 3 aromatic carbocycles. The number of nitrogens with zero attached hydrogens (tertiary/aromatic N) is 3. The minimum atomic E-state index is -5.50. The monoisotopic (exact) mass is 825 g/mol. The summed E-state index contributed by atoms with van der Waals surface area (Å²) in [6.45, 7) is -1.46. The van der Waals surface area contributed by atoms with Gasteiger partial charge < -0.3 is 30.4 Å². The number of ether oxygens (including phenoxy) is 2. The molecule has 0 bridgehead atoms. The van der Waals surface area contributed by atoms with E-state index in [1.54, 1.807) is 0 Å². The summed E-state index contributed by atoms with van der Waals surface area (Å²) < 4.78 is 107. The molecule has 4 rings (SSSR count). The number of carbonyl (C=O) groups is 6. The maximum atomic E-state index is 14.2. The van der Waals surface area contributed by atoms with E-state index in [9.17, 15) is 59.5 Å². The molecule has 0 aliphatic carbocycles. The van der Waals surface area contributed by atoms with Gasteiger partial charge in [0.05, 0.1) is 41.2 Å². The van der Waals surface area contributed by atoms with Gasteiger partial charge in [-0.1, -0.05) is 12.1 Å². The van der Waals surface area contributed by atoms with Gasteiger partial charge in [-0.2, -0.15) is 26.3 Å². The largest absolute Gasteiger partial charge is 0.420 e. The van der Waals surface area contributed by atoms with Crippen LogP contribution in [0.3, 0.4) is 0 Å². The van der Waals surface area contributed by atoms with Crippen LogP contribution in [0.2, 0.25) is 0 Å². The fourth-order valence-electron chi connectivity index (χ4n) is 5.47. The molecule has 0 aromatic heterocycles. The summed E-state index contributed by atoms with van der Waals surface area (Å²) in [4.78, 5) is 76.5. The van der Waals surface area contributed by atoms with Crippen molar-refractivity contribution in [3.05, 3.63) is 94.4 Å². The van der Waals surface area contributed by atoms with Crippen LogP contribution in [0.15, 0.2) is 60.8 Å². The van der Waals surface area contributed by atoms with Crippen LogP contribution in [-0.2, 0) is 31.5 Å². The van der Waals surface area contributed by atoms with E-state index < -0.39 is 95.3 Å². The zero-order valence-electron chi connectivity index (χ0n) is 30.4. The molecular weight excluding hydrogens is 791 g/mol. The molecule has 1 aliphatic rings. The van der Waals surface area contributed by atoms with Crippen LogP contribution in [0, 0.1) is 5.82 Å². The number of benzene rings is 3. The standard InChI is InChI=1S/C36H34F7N7O8/c1-48(22-8-6-21(37)7-9-22)34(56)58-31-23(14-20(35(38,39)40)15-24(31)36(41,42)43)25(44)16-50(45)12-13-57-18-29(53)46-26-5-3-4-19(17-51)30(26)33(55)49(2)27-10-11-28(52)47-32(27)54/h3-9,14-17,27H,10-13,18,44-45H2,1-2H3,(H,46,53)(H,47,52,54)/b25-16-. The van der Waals surface area contributed by atoms with E-state index in [2.05, 4.69) is 10.6 Å². The van der Waals surface area contributed by atoms with E-state index in [1.165, 1.54) is 25.2 Å². The Morgan fingerprint density at radius 2 is 1.67 bits per heavy atom. The Labute approximate surface area is 324 Å². The van der Waals surface area contributed by atoms with Crippen molar-refractivity contribution in [2.75, 3.05) is 44.1 Å². The third kappa shape index (κ3) is 10.8. The van der Waals surface area contributed by atoms with Crippen LogP contribution in [0.1, 0.15) is 50.2 Å². The zero-order valence-corrected chi connectivity index (χ0v) is 30.4. The Bertz CT molecular complexity index is 2110. The van der Waals surface area contributed by atoms with Gasteiger partial charge in [0.15, 0.2) is 12.0 Å². The molecule has 58 heavy (non-hydrogen) atoms. The lowest BCUT2D eigenvalue weighted by molar-refractivity contribution is -0.144. The van der Waals surface area contributed by atoms with Crippen molar-refractivity contribution in [1.82, 2.24) is 15.2 Å². The maximum absolute atomic E-state index is 14.2. The number of piperidine rings is 1. The van der Waals surface area contributed by atoms with Gasteiger partial charge in [-0.3, -0.25) is 34.2 Å². The van der Waals surface area contributed by atoms with Crippen LogP contribution >= 0.6 is 0 Å². The molecule has 5 amide bonds. The highest BCUT2D eigenvalue weighted by Crippen LogP contribution is 2.44. The van der Waals surface area contributed by atoms with Gasteiger partial charge >= 0.3 is 18.4 Å². The van der Waals surface area contributed by atoms with Crippen molar-refractivity contribution in [3.63, 3.8) is 0 Å². The van der Waals surface area contributed by atoms with Crippen LogP contribution in [0.25, 0.3) is 5.70 Å². The molecule has 0 radical (unpaired) electrons. The van der Waals surface area contributed by atoms with Crippen molar-refractivity contribution >= 4 is 53.1 Å². The zero-order chi connectivity index (χ0) is 43.1. The average molecular weight is 826 g/mol. The van der Waals surface area contributed by atoms with Crippen LogP contribution in [-0.4, -0.2) is 85.8 Å². The minimum absolute atomic E-state index is 0.0182. The van der Waals surface area contributed by atoms with E-state index in [1.807, 2.05) is 0 Å². The molecule has 22 heteroatoms. The number of carbonyl (C=O) groups excluding carboxylic acids is 6. The fraction of sp³-hybridized carbons (Fsp3) is 0.278. The number of halogens is 7. The number of rotatable bonds is 13. The number of hydrazine groups is 1. The highest BCUT2D eigenvalue weighted by molar-refractivity contribution is 6.10. The maximum Gasteiger partial charge on any atom is 0.420 e. The number of aldehydes is 1. The first-order valence-electron chi connectivity index (χ1n) is 16.7. The minimum Gasteiger partial charge on any atom is -0.409 e. The van der Waals surface area contributed by atoms with Gasteiger partial charge in [-0.05, 0) is 48.9 Å². The van der Waals surface area contributed by atoms with E-state index in [0.29, 0.717) is 16.2 Å². The van der Waals surface area contributed by atoms with E-state index in [-0.39, 0.29) is 54.0 Å². The molecule has 1 aliphatic heterocycles. The number of alkyl halides is 6. The Kier molecular flexibility index (Phi) is 13.8. The summed E-state index contributed by atoms with van der Waals surface area (Å²) in [6.07, 6.45) is -11.3. The number of hydrogen-bond acceptors (Lipinski definition) is 11. The molecular formula is C36H34F7N7O8. The second-order valence-corrected chi connectivity index (χ2v) is 12.5. The molecule has 1 unspecified atom stereocenters. The Hall–Kier alpha value is -6.55. The molecule has 0 saturated carbocycles. The first kappa shape index (κ1) is 44.2. The van der Waals surface area contributed by atoms with Gasteiger partial charge in [0.25, 0.3) is 5.91 Å². The number of nitrogens with two attached hydrogens (primary N) is 2. The van der Waals surface area contributed by atoms with E-state index >= 15 is 0 Å². The lowest BCUT2D eigenvalue weighted by Gasteiger charge is -2.30. The van der Waals surface area contributed by atoms with Crippen LogP contribution in [0.5, 0.6) is 5.75 Å². The summed E-state index contributed by atoms with van der Waals surface area (Å²) >= 11 is 0. The lowest BCUT2D eigenvalue weighted by Crippen LogP contribution is -2.53. The highest BCUT2D eigenvalue weighted by Gasteiger charge is 2.42. The average Bonchev–Trinajstić information content (AvgIpc) is 3.15. The van der Waals surface area contributed by atoms with Crippen molar-refractivity contribution in [1.29, 1.82) is 0 Å². The number of amides is 5. The smallest absolute Gasteiger partial charge is 0.409 e. The Morgan fingerprint density at radius 3 is 2.28 bits per heavy atom. The number of likely N-dealkylation sites (N-methyl/N-ethyl adjacent to an activating group) is 1. The molecule has 1 fully saturated rings. The number of nitrogens with one attached hydrogen (secondary N) is 2. The van der Waals surface area contributed by atoms with Gasteiger partial charge in [-0.25, -0.2) is 15.0 Å². The van der Waals surface area contributed by atoms with E-state index in [0.717, 1.165) is 42.4 Å². The second kappa shape index (κ2) is 18.1. The van der Waals surface area contributed by atoms with Crippen LogP contribution in [0.4, 0.5) is 46.9 Å². The molecule has 310 valence electrons. The number of hydrogen-bond donors (Lipinski definition) is 4. The second-order valence-electron chi connectivity index (χ2n) is 12.5. The number of anilines is 2. The van der Waals surface area contributed by atoms with Gasteiger partial charge in [0.1, 0.15) is 18.5 Å². The molecule has 0 spiro atoms. The predicted molar refractivity (Wildman–Crippen MR) is 190 cm³/mol. The summed E-state index contributed by atoms with van der Waals surface area (Å²) in [6, 6.07) is 6.94. The Morgan fingerprint density at radius 1 is 1.00 bits per heavy atom. The molecule has 6 N–H and O–H groups in total. The van der Waals surface area contributed by atoms with Crippen molar-refractivity contribution < 1.29 is 69.0 Å². The summed E-state index contributed by atoms with van der Waals surface area (Å²) in [5.74, 6) is 0.858. The molecule has 3 aromatic rings. The summed E-state index contributed by atoms with van der Waals surface area (Å²) in [5, 5.41) is 5.24. The first-order valence-corrected chi connectivity index (χ1v) is 16.7. The SMILES string of the molecule is CN(C(=O)Oc1c(/C(N)=C/N(N)CCOCC(=O)Nc2cccc(C=O)c2C(=O)N(C)C2CCC(=O)NC2=O)cc(C(F)(F)F)cc1C(F)(F)F)c1ccc(F)cc1. The van der Waals surface area contributed by atoms with Crippen molar-refractivity contribution in [3.8, 4) is 5.75 Å². The van der Waals surface area contributed by atoms with Gasteiger partial charge in [-0.15, -0.1) is 0 Å². The van der Waals surface area contributed by atoms with Crippen LogP contribution < -0.4 is 31.8 Å². The van der Waals surface area contributed by atoms with Gasteiger partial charge in [0, 0.05) is 43.5 Å². The number of imide groups is 1. The topological polar surface area (TPSA) is 207 Å². The van der Waals surface area contributed by atoms with Crippen molar-refractivity contribution in [2.24, 2.45) is 11.6 Å². The quantitative estimate of drug-likeness (QED) is 0.0478. The predicted octanol–water partition coefficient (Wildman–Crippen LogP) is 4.28. The summed E-state index contributed by atoms with van der Waals surface area (Å²) in [5.41, 5.74) is -0.254. The normalized spacial score (nSPS) is 14.7. The molecule has 1 heterocycles. The summed E-state index contributed by atoms with van der Waals surface area (Å²) in [7, 11) is 2.33. The highest BCUT2D eigenvalue weighted by atomic mass is 19.4. The van der Waals surface area contributed by atoms with Crippen molar-refractivity contribution in [2.45, 2.75) is 31.2 Å². The molecule has 15 nitrogen and oxygen atoms in total. The molecule has 1 saturated heterocycles.